The fraction of sp³-hybridized carbons (Fsp3) is 0.850. The first-order valence-electron chi connectivity index (χ1n) is 9.05. The number of hydrogen-bond acceptors (Lipinski definition) is 3. The van der Waals surface area contributed by atoms with Gasteiger partial charge in [-0.2, -0.15) is 0 Å². The third-order valence-corrected chi connectivity index (χ3v) is 7.72. The molecule has 3 heteroatoms. The van der Waals surface area contributed by atoms with Gasteiger partial charge in [-0.3, -0.25) is 4.79 Å². The van der Waals surface area contributed by atoms with Gasteiger partial charge >= 0.3 is 0 Å². The van der Waals surface area contributed by atoms with E-state index in [4.69, 9.17) is 4.74 Å². The van der Waals surface area contributed by atoms with Crippen molar-refractivity contribution >= 4 is 5.78 Å². The van der Waals surface area contributed by atoms with E-state index in [-0.39, 0.29) is 34.6 Å². The lowest BCUT2D eigenvalue weighted by Gasteiger charge is -2.64. The quantitative estimate of drug-likeness (QED) is 0.746. The van der Waals surface area contributed by atoms with E-state index in [1.54, 1.807) is 0 Å². The largest absolute Gasteiger partial charge is 0.393 e. The molecule has 130 valence electrons. The molecule has 0 aromatic carbocycles. The Morgan fingerprint density at radius 3 is 2.39 bits per heavy atom. The molecule has 6 unspecified atom stereocenters. The number of aliphatic hydroxyl groups excluding tert-OH is 1. The van der Waals surface area contributed by atoms with Gasteiger partial charge in [-0.25, -0.2) is 0 Å². The van der Waals surface area contributed by atoms with E-state index in [0.717, 1.165) is 25.7 Å². The van der Waals surface area contributed by atoms with Crippen LogP contribution in [0.5, 0.6) is 0 Å². The zero-order valence-corrected chi connectivity index (χ0v) is 15.3. The van der Waals surface area contributed by atoms with Crippen LogP contribution in [0.15, 0.2) is 12.7 Å². The molecule has 3 nitrogen and oxygen atoms in total. The summed E-state index contributed by atoms with van der Waals surface area (Å²) in [6.45, 7) is 14.6. The number of rotatable bonds is 1. The Bertz CT molecular complexity index is 539. The summed E-state index contributed by atoms with van der Waals surface area (Å²) in [5.41, 5.74) is -1.30. The molecule has 3 aliphatic rings. The Morgan fingerprint density at radius 1 is 1.13 bits per heavy atom. The van der Waals surface area contributed by atoms with Crippen molar-refractivity contribution in [1.82, 2.24) is 0 Å². The van der Waals surface area contributed by atoms with Gasteiger partial charge in [0.1, 0.15) is 5.60 Å². The van der Waals surface area contributed by atoms with Crippen molar-refractivity contribution in [3.63, 3.8) is 0 Å². The predicted octanol–water partition coefficient (Wildman–Crippen LogP) is 3.89. The van der Waals surface area contributed by atoms with E-state index in [1.807, 2.05) is 19.9 Å². The number of ketones is 1. The van der Waals surface area contributed by atoms with Crippen LogP contribution in [0.2, 0.25) is 0 Å². The highest BCUT2D eigenvalue weighted by Gasteiger charge is 2.66. The standard InChI is InChI=1S/C20H32O3/c1-7-18(4)10-8-13-19(5)11-9-15(21)17(2,3)14(19)12-16(22)20(13,6)23-18/h7,13-15,21H,1,8-12H2,2-6H3. The number of ether oxygens (including phenoxy) is 1. The average molecular weight is 320 g/mol. The molecule has 3 rings (SSSR count). The fourth-order valence-corrected chi connectivity index (χ4v) is 6.04. The summed E-state index contributed by atoms with van der Waals surface area (Å²) < 4.78 is 6.41. The summed E-state index contributed by atoms with van der Waals surface area (Å²) in [6.07, 6.45) is 5.74. The molecular formula is C20H32O3. The van der Waals surface area contributed by atoms with Crippen LogP contribution in [0.1, 0.15) is 66.7 Å². The van der Waals surface area contributed by atoms with Gasteiger partial charge in [0.05, 0.1) is 11.7 Å². The third-order valence-electron chi connectivity index (χ3n) is 7.72. The van der Waals surface area contributed by atoms with Crippen LogP contribution in [-0.2, 0) is 9.53 Å². The van der Waals surface area contributed by atoms with Crippen LogP contribution in [-0.4, -0.2) is 28.2 Å². The molecule has 0 radical (unpaired) electrons. The summed E-state index contributed by atoms with van der Waals surface area (Å²) in [5.74, 6) is 0.655. The maximum absolute atomic E-state index is 13.1. The number of carbonyl (C=O) groups is 1. The summed E-state index contributed by atoms with van der Waals surface area (Å²) in [4.78, 5) is 13.1. The minimum absolute atomic E-state index is 0.0495. The van der Waals surface area contributed by atoms with E-state index in [1.165, 1.54) is 0 Å². The van der Waals surface area contributed by atoms with Gasteiger partial charge in [-0.05, 0) is 56.3 Å². The van der Waals surface area contributed by atoms with E-state index >= 15 is 0 Å². The smallest absolute Gasteiger partial charge is 0.165 e. The van der Waals surface area contributed by atoms with Crippen LogP contribution in [0.25, 0.3) is 0 Å². The van der Waals surface area contributed by atoms with E-state index in [2.05, 4.69) is 27.4 Å². The Kier molecular flexibility index (Phi) is 3.67. The highest BCUT2D eigenvalue weighted by molar-refractivity contribution is 5.89. The van der Waals surface area contributed by atoms with Crippen LogP contribution < -0.4 is 0 Å². The van der Waals surface area contributed by atoms with Crippen LogP contribution >= 0.6 is 0 Å². The Labute approximate surface area is 140 Å². The molecule has 0 aromatic rings. The summed E-state index contributed by atoms with van der Waals surface area (Å²) in [7, 11) is 0. The minimum atomic E-state index is -0.717. The number of Topliss-reactive ketones (excluding diaryl/α,β-unsaturated/α-hetero) is 1. The molecule has 2 aliphatic carbocycles. The first-order valence-corrected chi connectivity index (χ1v) is 9.05. The number of hydrogen-bond donors (Lipinski definition) is 1. The third kappa shape index (κ3) is 2.19. The Hall–Kier alpha value is -0.670. The lowest BCUT2D eigenvalue weighted by atomic mass is 9.43. The molecule has 0 spiro atoms. The van der Waals surface area contributed by atoms with Crippen molar-refractivity contribution in [2.45, 2.75) is 84.0 Å². The van der Waals surface area contributed by atoms with Gasteiger partial charge in [0.15, 0.2) is 5.78 Å². The number of aliphatic hydroxyl groups is 1. The summed E-state index contributed by atoms with van der Waals surface area (Å²) in [6, 6.07) is 0. The van der Waals surface area contributed by atoms with E-state index < -0.39 is 11.2 Å². The highest BCUT2D eigenvalue weighted by atomic mass is 16.5. The molecule has 2 saturated carbocycles. The van der Waals surface area contributed by atoms with Gasteiger partial charge in [-0.15, -0.1) is 6.58 Å². The maximum Gasteiger partial charge on any atom is 0.165 e. The summed E-state index contributed by atoms with van der Waals surface area (Å²) >= 11 is 0. The van der Waals surface area contributed by atoms with Crippen molar-refractivity contribution in [1.29, 1.82) is 0 Å². The molecule has 1 aliphatic heterocycles. The van der Waals surface area contributed by atoms with Crippen molar-refractivity contribution in [2.75, 3.05) is 0 Å². The molecule has 3 fully saturated rings. The van der Waals surface area contributed by atoms with Crippen molar-refractivity contribution in [3.8, 4) is 0 Å². The van der Waals surface area contributed by atoms with Gasteiger partial charge in [0, 0.05) is 12.3 Å². The molecular weight excluding hydrogens is 288 g/mol. The summed E-state index contributed by atoms with van der Waals surface area (Å²) in [5, 5.41) is 10.5. The highest BCUT2D eigenvalue weighted by Crippen LogP contribution is 2.64. The molecule has 6 atom stereocenters. The van der Waals surface area contributed by atoms with E-state index in [0.29, 0.717) is 6.42 Å². The molecule has 1 saturated heterocycles. The molecule has 1 N–H and O–H groups in total. The number of carbonyl (C=O) groups excluding carboxylic acids is 1. The van der Waals surface area contributed by atoms with Crippen LogP contribution in [0.4, 0.5) is 0 Å². The molecule has 0 bridgehead atoms. The Morgan fingerprint density at radius 2 is 1.78 bits per heavy atom. The zero-order valence-electron chi connectivity index (χ0n) is 15.3. The van der Waals surface area contributed by atoms with Crippen LogP contribution in [0, 0.1) is 22.7 Å². The maximum atomic E-state index is 13.1. The average Bonchev–Trinajstić information content (AvgIpc) is 2.47. The molecule has 0 aromatic heterocycles. The monoisotopic (exact) mass is 320 g/mol. The number of fused-ring (bicyclic) bond motifs is 3. The van der Waals surface area contributed by atoms with E-state index in [9.17, 15) is 9.90 Å². The lowest BCUT2D eigenvalue weighted by Crippen LogP contribution is -2.68. The minimum Gasteiger partial charge on any atom is -0.393 e. The zero-order chi connectivity index (χ0) is 17.3. The molecule has 1 heterocycles. The Balaban J connectivity index is 2.03. The SMILES string of the molecule is C=CC1(C)CCC2C(C)(O1)C(=O)CC1C(C)(C)C(O)CCC21C. The van der Waals surface area contributed by atoms with Crippen molar-refractivity contribution in [2.24, 2.45) is 22.7 Å². The van der Waals surface area contributed by atoms with Crippen LogP contribution in [0.3, 0.4) is 0 Å². The predicted molar refractivity (Wildman–Crippen MR) is 91.1 cm³/mol. The van der Waals surface area contributed by atoms with Gasteiger partial charge in [0.2, 0.25) is 0 Å². The van der Waals surface area contributed by atoms with Gasteiger partial charge in [-0.1, -0.05) is 26.8 Å². The first-order chi connectivity index (χ1) is 10.5. The lowest BCUT2D eigenvalue weighted by molar-refractivity contribution is -0.247. The second-order valence-corrected chi connectivity index (χ2v) is 9.38. The second-order valence-electron chi connectivity index (χ2n) is 9.38. The molecule has 0 amide bonds. The first kappa shape index (κ1) is 17.2. The fourth-order valence-electron chi connectivity index (χ4n) is 6.04. The van der Waals surface area contributed by atoms with Gasteiger partial charge < -0.3 is 9.84 Å². The molecule has 23 heavy (non-hydrogen) atoms. The topological polar surface area (TPSA) is 46.5 Å². The van der Waals surface area contributed by atoms with Gasteiger partial charge in [0.25, 0.3) is 0 Å². The second kappa shape index (κ2) is 4.92. The normalized spacial score (nSPS) is 52.4. The van der Waals surface area contributed by atoms with Crippen molar-refractivity contribution in [3.05, 3.63) is 12.7 Å². The van der Waals surface area contributed by atoms with Crippen molar-refractivity contribution < 1.29 is 14.6 Å².